The van der Waals surface area contributed by atoms with Gasteiger partial charge < -0.3 is 15.0 Å². The van der Waals surface area contributed by atoms with Gasteiger partial charge in [-0.3, -0.25) is 0 Å². The van der Waals surface area contributed by atoms with E-state index in [0.29, 0.717) is 23.0 Å². The van der Waals surface area contributed by atoms with Crippen molar-refractivity contribution in [2.45, 2.75) is 38.6 Å². The molecular weight excluding hydrogens is 603 g/mol. The lowest BCUT2D eigenvalue weighted by Crippen LogP contribution is -2.38. The minimum absolute atomic E-state index is 0.0144. The van der Waals surface area contributed by atoms with E-state index in [1.807, 2.05) is 41.4 Å². The average molecular weight is 631 g/mol. The fourth-order valence-electron chi connectivity index (χ4n) is 4.56. The highest BCUT2D eigenvalue weighted by Crippen LogP contribution is 2.29. The number of alkyl halides is 5. The largest absolute Gasteiger partial charge is 0.573 e. The highest BCUT2D eigenvalue weighted by molar-refractivity contribution is 8.14. The number of amides is 2. The number of anilines is 1. The third-order valence-corrected chi connectivity index (χ3v) is 7.74. The molecule has 0 spiro atoms. The van der Waals surface area contributed by atoms with Crippen molar-refractivity contribution in [3.8, 4) is 22.8 Å². The van der Waals surface area contributed by atoms with Gasteiger partial charge in [-0.1, -0.05) is 61.2 Å². The molecule has 1 N–H and O–H groups in total. The Bertz CT molecular complexity index is 1610. The summed E-state index contributed by atoms with van der Waals surface area (Å²) in [6.45, 7) is 2.69. The van der Waals surface area contributed by atoms with Crippen LogP contribution in [0, 0.1) is 0 Å². The quantitative estimate of drug-likeness (QED) is 0.161. The van der Waals surface area contributed by atoms with Crippen molar-refractivity contribution in [3.63, 3.8) is 0 Å². The molecule has 0 saturated carbocycles. The number of carbonyl (C=O) groups is 1. The second kappa shape index (κ2) is 13.5. The van der Waals surface area contributed by atoms with Crippen LogP contribution in [0.1, 0.15) is 30.6 Å². The maximum atomic E-state index is 15.0. The van der Waals surface area contributed by atoms with E-state index >= 15 is 4.39 Å². The van der Waals surface area contributed by atoms with Crippen LogP contribution in [0.5, 0.6) is 5.75 Å². The summed E-state index contributed by atoms with van der Waals surface area (Å²) in [6, 6.07) is 17.6. The van der Waals surface area contributed by atoms with Gasteiger partial charge in [-0.25, -0.2) is 23.2 Å². The van der Waals surface area contributed by atoms with Crippen LogP contribution in [0.2, 0.25) is 0 Å². The highest BCUT2D eigenvalue weighted by atomic mass is 32.2. The fourth-order valence-corrected chi connectivity index (χ4v) is 5.51. The van der Waals surface area contributed by atoms with Gasteiger partial charge in [-0.2, -0.15) is 4.99 Å². The Labute approximate surface area is 254 Å². The molecule has 2 amide bonds. The Balaban J connectivity index is 1.22. The van der Waals surface area contributed by atoms with E-state index in [9.17, 15) is 22.4 Å². The van der Waals surface area contributed by atoms with Crippen molar-refractivity contribution in [3.05, 3.63) is 90.3 Å². The molecule has 14 heteroatoms. The summed E-state index contributed by atoms with van der Waals surface area (Å²) in [6.07, 6.45) is -6.26. The molecule has 0 aliphatic carbocycles. The molecule has 5 rings (SSSR count). The fraction of sp³-hybridized carbons (Fsp3) is 0.267. The van der Waals surface area contributed by atoms with Crippen molar-refractivity contribution in [2.24, 2.45) is 4.99 Å². The first-order valence-electron chi connectivity index (χ1n) is 13.6. The zero-order valence-corrected chi connectivity index (χ0v) is 24.2. The molecule has 8 nitrogen and oxygen atoms in total. The molecule has 2 atom stereocenters. The number of urea groups is 1. The van der Waals surface area contributed by atoms with E-state index in [-0.39, 0.29) is 17.1 Å². The topological polar surface area (TPSA) is 84.6 Å². The summed E-state index contributed by atoms with van der Waals surface area (Å²) >= 11 is 1.39. The predicted molar refractivity (Wildman–Crippen MR) is 158 cm³/mol. The number of rotatable bonds is 8. The Morgan fingerprint density at radius 2 is 1.80 bits per heavy atom. The number of ether oxygens (including phenoxy) is 1. The van der Waals surface area contributed by atoms with Gasteiger partial charge in [0.1, 0.15) is 12.1 Å². The zero-order valence-electron chi connectivity index (χ0n) is 23.3. The van der Waals surface area contributed by atoms with Crippen LogP contribution >= 0.6 is 11.8 Å². The molecule has 44 heavy (non-hydrogen) atoms. The standard InChI is InChI=1S/C30H27F5N6O2S/c1-2-19-6-3-4-7-24(19)40-16-5-17-44-29(40)38-28(42)37-26(32)25(31)20-8-10-21(11-9-20)27-36-18-41(39-27)22-12-14-23(15-13-22)43-30(33,34)35/h3-4,6-15,18,25-26H,2,5,16-17H2,1H3,(H,37,42)/b38-29-. The number of aliphatic imine (C=N–C) groups is 1. The Morgan fingerprint density at radius 1 is 1.07 bits per heavy atom. The molecule has 4 aromatic rings. The van der Waals surface area contributed by atoms with Crippen LogP contribution in [0.3, 0.4) is 0 Å². The molecule has 3 aromatic carbocycles. The minimum atomic E-state index is -4.80. The lowest BCUT2D eigenvalue weighted by molar-refractivity contribution is -0.274. The summed E-state index contributed by atoms with van der Waals surface area (Å²) in [5.41, 5.74) is 2.93. The van der Waals surface area contributed by atoms with Crippen molar-refractivity contribution >= 4 is 28.6 Å². The van der Waals surface area contributed by atoms with Gasteiger partial charge in [0.05, 0.1) is 5.69 Å². The number of amidine groups is 1. The van der Waals surface area contributed by atoms with Crippen molar-refractivity contribution < 1.29 is 31.5 Å². The van der Waals surface area contributed by atoms with E-state index in [1.165, 1.54) is 59.2 Å². The van der Waals surface area contributed by atoms with E-state index in [4.69, 9.17) is 0 Å². The van der Waals surface area contributed by atoms with E-state index in [2.05, 4.69) is 19.8 Å². The van der Waals surface area contributed by atoms with Crippen LogP contribution in [0.4, 0.5) is 32.4 Å². The highest BCUT2D eigenvalue weighted by Gasteiger charge is 2.31. The van der Waals surface area contributed by atoms with Gasteiger partial charge in [0.15, 0.2) is 17.2 Å². The lowest BCUT2D eigenvalue weighted by atomic mass is 10.1. The number of aryl methyl sites for hydroxylation is 1. The molecule has 1 aliphatic rings. The van der Waals surface area contributed by atoms with E-state index in [1.54, 1.807) is 0 Å². The second-order valence-electron chi connectivity index (χ2n) is 9.66. The third kappa shape index (κ3) is 7.54. The number of para-hydroxylation sites is 1. The van der Waals surface area contributed by atoms with Gasteiger partial charge in [-0.15, -0.1) is 18.3 Å². The molecular formula is C30H27F5N6O2S. The van der Waals surface area contributed by atoms with Crippen LogP contribution in [0.25, 0.3) is 17.1 Å². The number of carbonyl (C=O) groups excluding carboxylic acids is 1. The summed E-state index contributed by atoms with van der Waals surface area (Å²) in [5.74, 6) is 0.632. The number of aromatic nitrogens is 3. The van der Waals surface area contributed by atoms with Crippen LogP contribution in [-0.4, -0.2) is 50.9 Å². The SMILES string of the molecule is CCc1ccccc1N1CCCS/C1=N\C(=O)NC(F)C(F)c1ccc(-c2ncn(-c3ccc(OC(F)(F)F)cc3)n2)cc1. The molecule has 1 aliphatic heterocycles. The number of benzene rings is 3. The molecule has 230 valence electrons. The van der Waals surface area contributed by atoms with E-state index < -0.39 is 24.9 Å². The molecule has 1 fully saturated rings. The number of halogens is 5. The Morgan fingerprint density at radius 3 is 2.50 bits per heavy atom. The maximum Gasteiger partial charge on any atom is 0.573 e. The van der Waals surface area contributed by atoms with Gasteiger partial charge in [0.25, 0.3) is 0 Å². The number of nitrogens with one attached hydrogen (secondary N) is 1. The van der Waals surface area contributed by atoms with Crippen LogP contribution in [0.15, 0.2) is 84.1 Å². The molecule has 2 heterocycles. The number of thioether (sulfide) groups is 1. The number of hydrogen-bond acceptors (Lipinski definition) is 5. The molecule has 0 radical (unpaired) electrons. The van der Waals surface area contributed by atoms with Crippen molar-refractivity contribution in [1.29, 1.82) is 0 Å². The molecule has 1 aromatic heterocycles. The predicted octanol–water partition coefficient (Wildman–Crippen LogP) is 7.41. The summed E-state index contributed by atoms with van der Waals surface area (Å²) < 4.78 is 72.3. The summed E-state index contributed by atoms with van der Waals surface area (Å²) in [5, 5.41) is 6.73. The first-order chi connectivity index (χ1) is 21.1. The first-order valence-corrected chi connectivity index (χ1v) is 14.6. The number of nitrogens with zero attached hydrogens (tertiary/aromatic N) is 5. The minimum Gasteiger partial charge on any atom is -0.406 e. The monoisotopic (exact) mass is 630 g/mol. The second-order valence-corrected chi connectivity index (χ2v) is 10.7. The van der Waals surface area contributed by atoms with Crippen molar-refractivity contribution in [1.82, 2.24) is 20.1 Å². The zero-order chi connectivity index (χ0) is 31.3. The van der Waals surface area contributed by atoms with Crippen LogP contribution < -0.4 is 15.0 Å². The summed E-state index contributed by atoms with van der Waals surface area (Å²) in [4.78, 5) is 22.8. The number of hydrogen-bond donors (Lipinski definition) is 1. The van der Waals surface area contributed by atoms with Crippen LogP contribution in [-0.2, 0) is 6.42 Å². The van der Waals surface area contributed by atoms with Gasteiger partial charge in [0, 0.05) is 23.5 Å². The molecule has 1 saturated heterocycles. The normalized spacial score (nSPS) is 16.0. The Hall–Kier alpha value is -4.46. The van der Waals surface area contributed by atoms with Gasteiger partial charge >= 0.3 is 12.4 Å². The summed E-state index contributed by atoms with van der Waals surface area (Å²) in [7, 11) is 0. The van der Waals surface area contributed by atoms with Gasteiger partial charge in [0.2, 0.25) is 6.30 Å². The maximum absolute atomic E-state index is 15.0. The first kappa shape index (κ1) is 31.0. The molecule has 0 bridgehead atoms. The van der Waals surface area contributed by atoms with Gasteiger partial charge in [-0.05, 0) is 54.3 Å². The van der Waals surface area contributed by atoms with E-state index in [0.717, 1.165) is 42.0 Å². The lowest BCUT2D eigenvalue weighted by Gasteiger charge is -2.31. The average Bonchev–Trinajstić information content (AvgIpc) is 3.51. The third-order valence-electron chi connectivity index (χ3n) is 6.68. The molecule has 2 unspecified atom stereocenters. The Kier molecular flexibility index (Phi) is 9.47. The smallest absolute Gasteiger partial charge is 0.406 e. The van der Waals surface area contributed by atoms with Crippen molar-refractivity contribution in [2.75, 3.05) is 17.2 Å².